The molecule has 1 aliphatic heterocycles. The first-order chi connectivity index (χ1) is 8.31. The summed E-state index contributed by atoms with van der Waals surface area (Å²) in [5.41, 5.74) is 0.280. The van der Waals surface area contributed by atoms with Gasteiger partial charge in [-0.1, -0.05) is 0 Å². The van der Waals surface area contributed by atoms with Gasteiger partial charge in [-0.3, -0.25) is 4.79 Å². The molecule has 6 heteroatoms. The normalized spacial score (nSPS) is 19.9. The lowest BCUT2D eigenvalue weighted by molar-refractivity contribution is 0.0672. The van der Waals surface area contributed by atoms with E-state index in [-0.39, 0.29) is 23.4 Å². The molecule has 2 heterocycles. The van der Waals surface area contributed by atoms with Crippen molar-refractivity contribution in [3.8, 4) is 5.88 Å². The average Bonchev–Trinajstić information content (AvgIpc) is 2.40. The molecular formula is C11H15N3O3. The largest absolute Gasteiger partial charge is 0.479 e. The molecule has 0 aromatic carbocycles. The van der Waals surface area contributed by atoms with Crippen LogP contribution in [0.4, 0.5) is 0 Å². The van der Waals surface area contributed by atoms with Crippen LogP contribution in [0.5, 0.6) is 5.88 Å². The standard InChI is InChI=1S/C11H15N3O3/c1-16-11-10(13-2-3-14-11)9(15)6-8-7-17-5-4-12-8/h2-3,8,12H,4-7H2,1H3. The summed E-state index contributed by atoms with van der Waals surface area (Å²) in [5.74, 6) is 0.187. The molecule has 1 aliphatic rings. The first-order valence-corrected chi connectivity index (χ1v) is 5.50. The Morgan fingerprint density at radius 1 is 1.59 bits per heavy atom. The zero-order valence-corrected chi connectivity index (χ0v) is 9.68. The van der Waals surface area contributed by atoms with E-state index < -0.39 is 0 Å². The SMILES string of the molecule is COc1nccnc1C(=O)CC1COCCN1. The van der Waals surface area contributed by atoms with Crippen molar-refractivity contribution < 1.29 is 14.3 Å². The summed E-state index contributed by atoms with van der Waals surface area (Å²) < 4.78 is 10.3. The van der Waals surface area contributed by atoms with Crippen LogP contribution >= 0.6 is 0 Å². The molecule has 6 nitrogen and oxygen atoms in total. The number of morpholine rings is 1. The Morgan fingerprint density at radius 2 is 2.41 bits per heavy atom. The Labute approximate surface area is 99.4 Å². The Hall–Kier alpha value is -1.53. The fraction of sp³-hybridized carbons (Fsp3) is 0.545. The van der Waals surface area contributed by atoms with Crippen molar-refractivity contribution >= 4 is 5.78 Å². The molecule has 1 aromatic rings. The number of ether oxygens (including phenoxy) is 2. The summed E-state index contributed by atoms with van der Waals surface area (Å²) in [6, 6.07) is 0.0444. The van der Waals surface area contributed by atoms with Gasteiger partial charge in [0.15, 0.2) is 11.5 Å². The topological polar surface area (TPSA) is 73.3 Å². The number of carbonyl (C=O) groups excluding carboxylic acids is 1. The second-order valence-corrected chi connectivity index (χ2v) is 3.77. The number of hydrogen-bond donors (Lipinski definition) is 1. The van der Waals surface area contributed by atoms with Crippen molar-refractivity contribution in [2.75, 3.05) is 26.9 Å². The van der Waals surface area contributed by atoms with E-state index in [9.17, 15) is 4.79 Å². The van der Waals surface area contributed by atoms with Crippen molar-refractivity contribution in [2.45, 2.75) is 12.5 Å². The van der Waals surface area contributed by atoms with Crippen LogP contribution in [0.2, 0.25) is 0 Å². The van der Waals surface area contributed by atoms with E-state index in [1.165, 1.54) is 19.5 Å². The van der Waals surface area contributed by atoms with Crippen LogP contribution in [-0.2, 0) is 4.74 Å². The molecule has 1 saturated heterocycles. The zero-order valence-electron chi connectivity index (χ0n) is 9.68. The van der Waals surface area contributed by atoms with E-state index >= 15 is 0 Å². The van der Waals surface area contributed by atoms with Gasteiger partial charge in [0.05, 0.1) is 20.3 Å². The van der Waals surface area contributed by atoms with Gasteiger partial charge in [-0.15, -0.1) is 0 Å². The lowest BCUT2D eigenvalue weighted by Crippen LogP contribution is -2.42. The molecule has 1 aromatic heterocycles. The molecule has 0 radical (unpaired) electrons. The lowest BCUT2D eigenvalue weighted by Gasteiger charge is -2.23. The average molecular weight is 237 g/mol. The molecular weight excluding hydrogens is 222 g/mol. The summed E-state index contributed by atoms with van der Waals surface area (Å²) in [5, 5.41) is 3.22. The van der Waals surface area contributed by atoms with E-state index in [0.29, 0.717) is 19.6 Å². The Balaban J connectivity index is 2.03. The number of methoxy groups -OCH3 is 1. The highest BCUT2D eigenvalue weighted by molar-refractivity contribution is 5.96. The summed E-state index contributed by atoms with van der Waals surface area (Å²) in [4.78, 5) is 20.0. The van der Waals surface area contributed by atoms with Gasteiger partial charge in [0.1, 0.15) is 0 Å². The molecule has 1 fully saturated rings. The van der Waals surface area contributed by atoms with Gasteiger partial charge in [-0.05, 0) is 0 Å². The number of aromatic nitrogens is 2. The monoisotopic (exact) mass is 237 g/mol. The van der Waals surface area contributed by atoms with Crippen LogP contribution in [0.15, 0.2) is 12.4 Å². The summed E-state index contributed by atoms with van der Waals surface area (Å²) >= 11 is 0. The summed E-state index contributed by atoms with van der Waals surface area (Å²) in [6.07, 6.45) is 3.33. The first-order valence-electron chi connectivity index (χ1n) is 5.50. The van der Waals surface area contributed by atoms with Gasteiger partial charge in [-0.2, -0.15) is 0 Å². The third-order valence-corrected chi connectivity index (χ3v) is 2.55. The number of nitrogens with zero attached hydrogens (tertiary/aromatic N) is 2. The number of ketones is 1. The molecule has 0 amide bonds. The molecule has 1 unspecified atom stereocenters. The molecule has 0 bridgehead atoms. The van der Waals surface area contributed by atoms with E-state index in [0.717, 1.165) is 6.54 Å². The maximum absolute atomic E-state index is 12.0. The van der Waals surface area contributed by atoms with Gasteiger partial charge >= 0.3 is 0 Å². The van der Waals surface area contributed by atoms with Crippen LogP contribution < -0.4 is 10.1 Å². The van der Waals surface area contributed by atoms with Crippen LogP contribution in [0, 0.1) is 0 Å². The Bertz CT molecular complexity index is 391. The van der Waals surface area contributed by atoms with E-state index in [1.54, 1.807) is 0 Å². The predicted molar refractivity (Wildman–Crippen MR) is 60.1 cm³/mol. The fourth-order valence-electron chi connectivity index (χ4n) is 1.74. The maximum atomic E-state index is 12.0. The van der Waals surface area contributed by atoms with Crippen LogP contribution in [0.1, 0.15) is 16.9 Å². The third-order valence-electron chi connectivity index (χ3n) is 2.55. The van der Waals surface area contributed by atoms with Crippen molar-refractivity contribution in [1.29, 1.82) is 0 Å². The quantitative estimate of drug-likeness (QED) is 0.746. The number of Topliss-reactive ketones (excluding diaryl/α,β-unsaturated/α-hetero) is 1. The van der Waals surface area contributed by atoms with Gasteiger partial charge in [0.2, 0.25) is 5.88 Å². The smallest absolute Gasteiger partial charge is 0.243 e. The fourth-order valence-corrected chi connectivity index (χ4v) is 1.74. The second-order valence-electron chi connectivity index (χ2n) is 3.77. The number of hydrogen-bond acceptors (Lipinski definition) is 6. The minimum absolute atomic E-state index is 0.0444. The van der Waals surface area contributed by atoms with Gasteiger partial charge in [0.25, 0.3) is 0 Å². The highest BCUT2D eigenvalue weighted by atomic mass is 16.5. The third kappa shape index (κ3) is 2.98. The molecule has 1 atom stereocenters. The minimum atomic E-state index is -0.0852. The first kappa shape index (κ1) is 11.9. The van der Waals surface area contributed by atoms with Gasteiger partial charge in [0, 0.05) is 31.4 Å². The molecule has 17 heavy (non-hydrogen) atoms. The Morgan fingerprint density at radius 3 is 3.12 bits per heavy atom. The minimum Gasteiger partial charge on any atom is -0.479 e. The van der Waals surface area contributed by atoms with Crippen molar-refractivity contribution in [3.05, 3.63) is 18.1 Å². The molecule has 92 valence electrons. The second kappa shape index (κ2) is 5.70. The van der Waals surface area contributed by atoms with E-state index in [4.69, 9.17) is 9.47 Å². The summed E-state index contributed by atoms with van der Waals surface area (Å²) in [6.45, 7) is 2.02. The maximum Gasteiger partial charge on any atom is 0.243 e. The van der Waals surface area contributed by atoms with Crippen LogP contribution in [-0.4, -0.2) is 48.7 Å². The van der Waals surface area contributed by atoms with Crippen molar-refractivity contribution in [3.63, 3.8) is 0 Å². The van der Waals surface area contributed by atoms with Crippen molar-refractivity contribution in [2.24, 2.45) is 0 Å². The Kier molecular flexibility index (Phi) is 4.00. The molecule has 0 spiro atoms. The number of carbonyl (C=O) groups is 1. The van der Waals surface area contributed by atoms with E-state index in [2.05, 4.69) is 15.3 Å². The zero-order chi connectivity index (χ0) is 12.1. The van der Waals surface area contributed by atoms with Crippen LogP contribution in [0.25, 0.3) is 0 Å². The number of rotatable bonds is 4. The van der Waals surface area contributed by atoms with Crippen molar-refractivity contribution in [1.82, 2.24) is 15.3 Å². The van der Waals surface area contributed by atoms with Gasteiger partial charge < -0.3 is 14.8 Å². The summed E-state index contributed by atoms with van der Waals surface area (Å²) in [7, 11) is 1.47. The molecule has 2 rings (SSSR count). The highest BCUT2D eigenvalue weighted by Crippen LogP contribution is 2.14. The lowest BCUT2D eigenvalue weighted by atomic mass is 10.1. The van der Waals surface area contributed by atoms with Crippen LogP contribution in [0.3, 0.4) is 0 Å². The highest BCUT2D eigenvalue weighted by Gasteiger charge is 2.21. The van der Waals surface area contributed by atoms with Gasteiger partial charge in [-0.25, -0.2) is 9.97 Å². The number of nitrogens with one attached hydrogen (secondary N) is 1. The predicted octanol–water partition coefficient (Wildman–Crippen LogP) is 0.0464. The molecule has 0 aliphatic carbocycles. The molecule has 1 N–H and O–H groups in total. The van der Waals surface area contributed by atoms with E-state index in [1.807, 2.05) is 0 Å². The molecule has 0 saturated carbocycles.